The topological polar surface area (TPSA) is 57.0 Å². The van der Waals surface area contributed by atoms with Gasteiger partial charge in [0.05, 0.1) is 0 Å². The molecule has 2 aliphatic rings. The van der Waals surface area contributed by atoms with Crippen LogP contribution in [0.2, 0.25) is 0 Å². The molecule has 0 unspecified atom stereocenters. The van der Waals surface area contributed by atoms with Gasteiger partial charge in [-0.15, -0.1) is 0 Å². The lowest BCUT2D eigenvalue weighted by Crippen LogP contribution is -3.21. The van der Waals surface area contributed by atoms with Crippen molar-refractivity contribution < 1.29 is 23.7 Å². The van der Waals surface area contributed by atoms with Gasteiger partial charge in [0.15, 0.2) is 0 Å². The Morgan fingerprint density at radius 2 is 1.56 bits per heavy atom. The van der Waals surface area contributed by atoms with Crippen molar-refractivity contribution in [1.82, 2.24) is 0 Å². The minimum absolute atomic E-state index is 0.195. The fraction of sp³-hybridized carbons (Fsp3) is 0.200. The van der Waals surface area contributed by atoms with E-state index in [0.717, 1.165) is 10.3 Å². The molecular formula is C10H10BNO4. The van der Waals surface area contributed by atoms with Crippen LogP contribution in [-0.4, -0.2) is 31.7 Å². The second-order valence-corrected chi connectivity index (χ2v) is 4.11. The zero-order chi connectivity index (χ0) is 11.2. The van der Waals surface area contributed by atoms with Crippen LogP contribution in [0.1, 0.15) is 0 Å². The van der Waals surface area contributed by atoms with Crippen molar-refractivity contribution in [3.05, 3.63) is 30.3 Å². The van der Waals surface area contributed by atoms with Gasteiger partial charge < -0.3 is 14.1 Å². The van der Waals surface area contributed by atoms with E-state index in [1.54, 1.807) is 0 Å². The first kappa shape index (κ1) is 9.41. The molecule has 0 radical (unpaired) electrons. The van der Waals surface area contributed by atoms with Crippen molar-refractivity contribution in [1.29, 1.82) is 0 Å². The Morgan fingerprint density at radius 1 is 1.00 bits per heavy atom. The summed E-state index contributed by atoms with van der Waals surface area (Å²) < 4.78 is 10.5. The molecule has 0 saturated carbocycles. The first-order chi connectivity index (χ1) is 7.71. The van der Waals surface area contributed by atoms with Crippen LogP contribution in [0.15, 0.2) is 30.3 Å². The molecule has 0 aromatic heterocycles. The van der Waals surface area contributed by atoms with Crippen LogP contribution in [-0.2, 0) is 18.9 Å². The summed E-state index contributed by atoms with van der Waals surface area (Å²) in [6, 6.07) is 9.17. The number of fused-ring (bicyclic) bond motifs is 1. The van der Waals surface area contributed by atoms with Gasteiger partial charge in [0, 0.05) is 0 Å². The second kappa shape index (κ2) is 3.09. The largest absolute Gasteiger partial charge is 0.613 e. The molecule has 0 atom stereocenters. The second-order valence-electron chi connectivity index (χ2n) is 4.11. The number of rotatable bonds is 1. The Balaban J connectivity index is 2.08. The maximum absolute atomic E-state index is 11.3. The highest BCUT2D eigenvalue weighted by Gasteiger charge is 2.59. The van der Waals surface area contributed by atoms with Gasteiger partial charge in [-0.1, -0.05) is 35.8 Å². The summed E-state index contributed by atoms with van der Waals surface area (Å²) >= 11 is 0. The summed E-state index contributed by atoms with van der Waals surface area (Å²) in [5.74, 6) is -0.627. The van der Waals surface area contributed by atoms with Gasteiger partial charge in [0.25, 0.3) is 0 Å². The van der Waals surface area contributed by atoms with Crippen molar-refractivity contribution in [2.24, 2.45) is 0 Å². The van der Waals surface area contributed by atoms with E-state index in [0.29, 0.717) is 0 Å². The van der Waals surface area contributed by atoms with Gasteiger partial charge in [-0.25, -0.2) is 0 Å². The molecule has 0 amide bonds. The summed E-state index contributed by atoms with van der Waals surface area (Å²) in [5, 5.41) is 0. The highest BCUT2D eigenvalue weighted by molar-refractivity contribution is 6.77. The van der Waals surface area contributed by atoms with Crippen molar-refractivity contribution in [3.63, 3.8) is 0 Å². The summed E-state index contributed by atoms with van der Waals surface area (Å²) in [7, 11) is 0. The Hall–Kier alpha value is -1.82. The molecule has 3 rings (SSSR count). The van der Waals surface area contributed by atoms with E-state index in [4.69, 9.17) is 9.31 Å². The van der Waals surface area contributed by atoms with Crippen LogP contribution in [0.3, 0.4) is 0 Å². The number of hydrogen-bond acceptors (Lipinski definition) is 4. The third-order valence-electron chi connectivity index (χ3n) is 3.11. The SMILES string of the molecule is O=C1C[NH+]2CC(=O)O[B-]2(c2ccccc2)O1. The minimum atomic E-state index is -1.98. The fourth-order valence-electron chi connectivity index (χ4n) is 2.42. The molecule has 1 N–H and O–H groups in total. The van der Waals surface area contributed by atoms with Gasteiger partial charge >= 0.3 is 18.6 Å². The van der Waals surface area contributed by atoms with Crippen molar-refractivity contribution >= 4 is 24.1 Å². The third-order valence-corrected chi connectivity index (χ3v) is 3.11. The quantitative estimate of drug-likeness (QED) is 0.546. The monoisotopic (exact) mass is 219 g/mol. The smallest absolute Gasteiger partial charge is 0.596 e. The molecule has 2 aliphatic heterocycles. The molecule has 0 aliphatic carbocycles. The van der Waals surface area contributed by atoms with Gasteiger partial charge in [-0.05, 0) is 0 Å². The van der Waals surface area contributed by atoms with Crippen LogP contribution in [0.25, 0.3) is 0 Å². The van der Waals surface area contributed by atoms with Crippen LogP contribution in [0.4, 0.5) is 0 Å². The third kappa shape index (κ3) is 1.16. The lowest BCUT2D eigenvalue weighted by molar-refractivity contribution is -0.773. The van der Waals surface area contributed by atoms with E-state index in [-0.39, 0.29) is 25.0 Å². The van der Waals surface area contributed by atoms with Crippen molar-refractivity contribution in [3.8, 4) is 0 Å². The van der Waals surface area contributed by atoms with Crippen molar-refractivity contribution in [2.75, 3.05) is 13.1 Å². The minimum Gasteiger partial charge on any atom is -0.596 e. The first-order valence-electron chi connectivity index (χ1n) is 5.19. The van der Waals surface area contributed by atoms with Gasteiger partial charge in [0.1, 0.15) is 13.1 Å². The molecule has 2 heterocycles. The molecule has 1 aromatic carbocycles. The van der Waals surface area contributed by atoms with E-state index in [9.17, 15) is 9.59 Å². The maximum atomic E-state index is 11.3. The Morgan fingerprint density at radius 3 is 2.12 bits per heavy atom. The van der Waals surface area contributed by atoms with Crippen LogP contribution in [0.5, 0.6) is 0 Å². The Bertz CT molecular complexity index is 441. The highest BCUT2D eigenvalue weighted by atomic mass is 16.7. The molecule has 1 aromatic rings. The summed E-state index contributed by atoms with van der Waals surface area (Å²) in [6.45, 7) is -1.59. The number of quaternary nitrogens is 1. The van der Waals surface area contributed by atoms with Gasteiger partial charge in [-0.2, -0.15) is 0 Å². The average molecular weight is 219 g/mol. The van der Waals surface area contributed by atoms with Gasteiger partial charge in [-0.3, -0.25) is 9.59 Å². The van der Waals surface area contributed by atoms with Crippen LogP contribution < -0.4 is 10.3 Å². The molecule has 0 bridgehead atoms. The Kier molecular flexibility index (Phi) is 1.82. The zero-order valence-corrected chi connectivity index (χ0v) is 8.51. The van der Waals surface area contributed by atoms with Gasteiger partial charge in [0.2, 0.25) is 0 Å². The Labute approximate surface area is 91.9 Å². The van der Waals surface area contributed by atoms with E-state index in [1.165, 1.54) is 0 Å². The van der Waals surface area contributed by atoms with E-state index < -0.39 is 6.69 Å². The van der Waals surface area contributed by atoms with Crippen molar-refractivity contribution in [2.45, 2.75) is 0 Å². The number of carbonyl (C=O) groups is 2. The highest BCUT2D eigenvalue weighted by Crippen LogP contribution is 2.10. The molecule has 0 spiro atoms. The number of nitrogens with one attached hydrogen (secondary N) is 1. The molecule has 16 heavy (non-hydrogen) atoms. The van der Waals surface area contributed by atoms with E-state index in [1.807, 2.05) is 30.3 Å². The molecule has 6 heteroatoms. The molecule has 5 nitrogen and oxygen atoms in total. The fourth-order valence-corrected chi connectivity index (χ4v) is 2.42. The predicted molar refractivity (Wildman–Crippen MR) is 54.7 cm³/mol. The number of benzene rings is 1. The summed E-state index contributed by atoms with van der Waals surface area (Å²) in [6.07, 6.45) is 0. The standard InChI is InChI=1S/C10H10BNO4/c13-9-6-12-7-10(14)16-11(12,15-9)8-4-2-1-3-5-8/h1-5,12H,6-7H2. The zero-order valence-electron chi connectivity index (χ0n) is 8.51. The van der Waals surface area contributed by atoms with E-state index >= 15 is 0 Å². The summed E-state index contributed by atoms with van der Waals surface area (Å²) in [4.78, 5) is 23.4. The molecule has 2 fully saturated rings. The number of hydrogen-bond donors (Lipinski definition) is 1. The normalized spacial score (nSPS) is 32.1. The number of carbonyl (C=O) groups excluding carboxylic acids is 2. The lowest BCUT2D eigenvalue weighted by atomic mass is 9.63. The molecular weight excluding hydrogens is 209 g/mol. The predicted octanol–water partition coefficient (Wildman–Crippen LogP) is -2.17. The maximum Gasteiger partial charge on any atom is 0.613 e. The van der Waals surface area contributed by atoms with Crippen LogP contribution in [0, 0.1) is 0 Å². The average Bonchev–Trinajstić information content (AvgIpc) is 2.71. The molecule has 2 saturated heterocycles. The summed E-state index contributed by atoms with van der Waals surface area (Å²) in [5.41, 5.74) is 0.759. The first-order valence-corrected chi connectivity index (χ1v) is 5.19. The molecule has 82 valence electrons. The van der Waals surface area contributed by atoms with Crippen LogP contribution >= 0.6 is 0 Å². The van der Waals surface area contributed by atoms with E-state index in [2.05, 4.69) is 0 Å². The lowest BCUT2D eigenvalue weighted by Gasteiger charge is -2.28.